The summed E-state index contributed by atoms with van der Waals surface area (Å²) in [5.41, 5.74) is 2.09. The van der Waals surface area contributed by atoms with E-state index in [1.165, 1.54) is 0 Å². The lowest BCUT2D eigenvalue weighted by Gasteiger charge is -2.33. The van der Waals surface area contributed by atoms with Gasteiger partial charge in [0.05, 0.1) is 11.0 Å². The van der Waals surface area contributed by atoms with Crippen molar-refractivity contribution < 1.29 is 4.79 Å². The number of benzene rings is 1. The Kier molecular flexibility index (Phi) is 3.47. The summed E-state index contributed by atoms with van der Waals surface area (Å²) in [5, 5.41) is 0. The van der Waals surface area contributed by atoms with E-state index in [0.717, 1.165) is 42.8 Å². The molecule has 2 aromatic rings. The molecule has 0 unspecified atom stereocenters. The number of nitrogens with one attached hydrogen (secondary N) is 1. The lowest BCUT2D eigenvalue weighted by atomic mass is 9.96. The van der Waals surface area contributed by atoms with Gasteiger partial charge in [0.1, 0.15) is 5.82 Å². The van der Waals surface area contributed by atoms with Crippen molar-refractivity contribution in [3.05, 3.63) is 30.1 Å². The lowest BCUT2D eigenvalue weighted by molar-refractivity contribution is -0.135. The van der Waals surface area contributed by atoms with E-state index in [1.807, 2.05) is 43.0 Å². The molecule has 1 fully saturated rings. The Balaban J connectivity index is 1.81. The standard InChI is InChI=1S/C16H21N3O/c1-11(2)16(20)19-9-5-6-12(10-19)15-17-13-7-3-4-8-14(13)18-15/h3-4,7-8,11-12H,5-6,9-10H2,1-2H3,(H,17,18)/t12-/m1/s1. The highest BCUT2D eigenvalue weighted by atomic mass is 16.2. The first kappa shape index (κ1) is 13.2. The molecule has 0 radical (unpaired) electrons. The number of hydrogen-bond acceptors (Lipinski definition) is 2. The van der Waals surface area contributed by atoms with Crippen molar-refractivity contribution >= 4 is 16.9 Å². The van der Waals surface area contributed by atoms with E-state index < -0.39 is 0 Å². The number of aromatic nitrogens is 2. The molecule has 1 amide bonds. The van der Waals surface area contributed by atoms with Crippen molar-refractivity contribution in [2.24, 2.45) is 5.92 Å². The van der Waals surface area contributed by atoms with Crippen molar-refractivity contribution in [1.29, 1.82) is 0 Å². The molecule has 3 rings (SSSR count). The summed E-state index contributed by atoms with van der Waals surface area (Å²) in [5.74, 6) is 1.68. The van der Waals surface area contributed by atoms with Crippen LogP contribution in [-0.2, 0) is 4.79 Å². The van der Waals surface area contributed by atoms with Gasteiger partial charge in [-0.05, 0) is 25.0 Å². The molecule has 4 heteroatoms. The minimum absolute atomic E-state index is 0.0735. The quantitative estimate of drug-likeness (QED) is 0.913. The third-order valence-electron chi connectivity index (χ3n) is 4.02. The summed E-state index contributed by atoms with van der Waals surface area (Å²) < 4.78 is 0. The van der Waals surface area contributed by atoms with E-state index in [0.29, 0.717) is 5.92 Å². The first-order valence-electron chi connectivity index (χ1n) is 7.38. The number of fused-ring (bicyclic) bond motifs is 1. The molecule has 2 heterocycles. The van der Waals surface area contributed by atoms with E-state index in [9.17, 15) is 4.79 Å². The molecule has 1 aromatic carbocycles. The van der Waals surface area contributed by atoms with Crippen molar-refractivity contribution in [3.8, 4) is 0 Å². The lowest BCUT2D eigenvalue weighted by Crippen LogP contribution is -2.41. The van der Waals surface area contributed by atoms with E-state index in [1.54, 1.807) is 0 Å². The summed E-state index contributed by atoms with van der Waals surface area (Å²) in [6.45, 7) is 5.60. The van der Waals surface area contributed by atoms with Crippen molar-refractivity contribution in [1.82, 2.24) is 14.9 Å². The number of carbonyl (C=O) groups is 1. The van der Waals surface area contributed by atoms with Gasteiger partial charge in [-0.1, -0.05) is 26.0 Å². The zero-order chi connectivity index (χ0) is 14.1. The van der Waals surface area contributed by atoms with Gasteiger partial charge in [-0.3, -0.25) is 4.79 Å². The van der Waals surface area contributed by atoms with Crippen LogP contribution in [0.25, 0.3) is 11.0 Å². The van der Waals surface area contributed by atoms with Gasteiger partial charge in [-0.15, -0.1) is 0 Å². The van der Waals surface area contributed by atoms with Crippen LogP contribution in [-0.4, -0.2) is 33.9 Å². The zero-order valence-corrected chi connectivity index (χ0v) is 12.1. The van der Waals surface area contributed by atoms with Crippen molar-refractivity contribution in [2.75, 3.05) is 13.1 Å². The number of imidazole rings is 1. The van der Waals surface area contributed by atoms with Gasteiger partial charge in [0, 0.05) is 24.9 Å². The first-order valence-corrected chi connectivity index (χ1v) is 7.38. The smallest absolute Gasteiger partial charge is 0.225 e. The number of piperidine rings is 1. The number of aromatic amines is 1. The Hall–Kier alpha value is -1.84. The van der Waals surface area contributed by atoms with E-state index in [2.05, 4.69) is 9.97 Å². The van der Waals surface area contributed by atoms with Crippen LogP contribution in [0.1, 0.15) is 38.4 Å². The van der Waals surface area contributed by atoms with E-state index in [4.69, 9.17) is 0 Å². The van der Waals surface area contributed by atoms with Crippen molar-refractivity contribution in [3.63, 3.8) is 0 Å². The fourth-order valence-corrected chi connectivity index (χ4v) is 2.93. The Morgan fingerprint density at radius 2 is 2.20 bits per heavy atom. The van der Waals surface area contributed by atoms with Gasteiger partial charge >= 0.3 is 0 Å². The zero-order valence-electron chi connectivity index (χ0n) is 12.1. The molecule has 20 heavy (non-hydrogen) atoms. The summed E-state index contributed by atoms with van der Waals surface area (Å²) in [7, 11) is 0. The molecule has 1 N–H and O–H groups in total. The molecular weight excluding hydrogens is 250 g/mol. The molecule has 0 saturated carbocycles. The average Bonchev–Trinajstić information content (AvgIpc) is 2.90. The molecule has 0 bridgehead atoms. The van der Waals surface area contributed by atoms with Crippen LogP contribution in [0.4, 0.5) is 0 Å². The van der Waals surface area contributed by atoms with Gasteiger partial charge in [0.2, 0.25) is 5.91 Å². The number of hydrogen-bond donors (Lipinski definition) is 1. The van der Waals surface area contributed by atoms with Crippen LogP contribution in [0.15, 0.2) is 24.3 Å². The van der Waals surface area contributed by atoms with Crippen LogP contribution in [0.5, 0.6) is 0 Å². The van der Waals surface area contributed by atoms with Gasteiger partial charge < -0.3 is 9.88 Å². The maximum atomic E-state index is 12.1. The largest absolute Gasteiger partial charge is 0.342 e. The third-order valence-corrected chi connectivity index (χ3v) is 4.02. The first-order chi connectivity index (χ1) is 9.65. The predicted octanol–water partition coefficient (Wildman–Crippen LogP) is 2.92. The second kappa shape index (κ2) is 5.27. The van der Waals surface area contributed by atoms with Crippen LogP contribution >= 0.6 is 0 Å². The summed E-state index contributed by atoms with van der Waals surface area (Å²) in [6.07, 6.45) is 2.15. The third kappa shape index (κ3) is 2.42. The number of rotatable bonds is 2. The number of para-hydroxylation sites is 2. The number of likely N-dealkylation sites (tertiary alicyclic amines) is 1. The fraction of sp³-hybridized carbons (Fsp3) is 0.500. The number of H-pyrrole nitrogens is 1. The van der Waals surface area contributed by atoms with E-state index >= 15 is 0 Å². The molecular formula is C16H21N3O. The minimum Gasteiger partial charge on any atom is -0.342 e. The molecule has 1 aliphatic rings. The average molecular weight is 271 g/mol. The minimum atomic E-state index is 0.0735. The molecule has 0 aliphatic carbocycles. The monoisotopic (exact) mass is 271 g/mol. The number of amides is 1. The van der Waals surface area contributed by atoms with Crippen LogP contribution < -0.4 is 0 Å². The molecule has 0 spiro atoms. The van der Waals surface area contributed by atoms with Gasteiger partial charge in [0.15, 0.2) is 0 Å². The maximum absolute atomic E-state index is 12.1. The SMILES string of the molecule is CC(C)C(=O)N1CCC[C@@H](c2nc3ccccc3[nH]2)C1. The Morgan fingerprint density at radius 1 is 1.40 bits per heavy atom. The normalized spacial score (nSPS) is 19.8. The fourth-order valence-electron chi connectivity index (χ4n) is 2.93. The summed E-state index contributed by atoms with van der Waals surface area (Å²) in [4.78, 5) is 22.2. The molecule has 1 saturated heterocycles. The second-order valence-electron chi connectivity index (χ2n) is 5.92. The van der Waals surface area contributed by atoms with Gasteiger partial charge in [-0.25, -0.2) is 4.98 Å². The topological polar surface area (TPSA) is 49.0 Å². The highest BCUT2D eigenvalue weighted by Crippen LogP contribution is 2.27. The van der Waals surface area contributed by atoms with Gasteiger partial charge in [0.25, 0.3) is 0 Å². The van der Waals surface area contributed by atoms with Crippen LogP contribution in [0.2, 0.25) is 0 Å². The second-order valence-corrected chi connectivity index (χ2v) is 5.92. The molecule has 1 aliphatic heterocycles. The molecule has 1 aromatic heterocycles. The molecule has 1 atom stereocenters. The Labute approximate surface area is 119 Å². The summed E-state index contributed by atoms with van der Waals surface area (Å²) >= 11 is 0. The molecule has 106 valence electrons. The van der Waals surface area contributed by atoms with Gasteiger partial charge in [-0.2, -0.15) is 0 Å². The molecule has 4 nitrogen and oxygen atoms in total. The number of nitrogens with zero attached hydrogens (tertiary/aromatic N) is 2. The Bertz CT molecular complexity index is 584. The predicted molar refractivity (Wildman–Crippen MR) is 79.5 cm³/mol. The van der Waals surface area contributed by atoms with E-state index in [-0.39, 0.29) is 11.8 Å². The van der Waals surface area contributed by atoms with Crippen LogP contribution in [0.3, 0.4) is 0 Å². The number of carbonyl (C=O) groups excluding carboxylic acids is 1. The van der Waals surface area contributed by atoms with Crippen LogP contribution in [0, 0.1) is 5.92 Å². The highest BCUT2D eigenvalue weighted by Gasteiger charge is 2.27. The highest BCUT2D eigenvalue weighted by molar-refractivity contribution is 5.78. The maximum Gasteiger partial charge on any atom is 0.225 e. The van der Waals surface area contributed by atoms with Crippen molar-refractivity contribution in [2.45, 2.75) is 32.6 Å². The summed E-state index contributed by atoms with van der Waals surface area (Å²) in [6, 6.07) is 8.09. The Morgan fingerprint density at radius 3 is 2.95 bits per heavy atom.